The molecule has 2 aliphatic heterocycles. The standard InChI is InChI=1S/C122H122BN5/c1-115(2,3)78-53-49-75(50-54-78)95-66-83(120(16,17)18)68-97(77-63-81(118(10,11)12)65-82(64-77)119(13,14)15)113(95)127-108-71-85(124-102-43-31-25-37-89(102)90-38-26-32-44-103(90)124)58-61-100(108)123-101-62-59-86(125-104-45-33-27-39-91(104)92-40-28-34-46-105(92)125)72-109(101)128(111-74-87(73-110(127)112(111)123)126-106-47-35-29-41-93(106)94-42-30-36-48-107(94)126)114-96(76-51-55-79(56-52-76)116(4,5)6)67-84(121(19,20)21)69-98(114)88-60-57-80(117(7,8)9)70-99(88)122(22,23)24/h25-74H,1-24H3/i25D,26D,27D,28D,29D,30D,31D,32D,33D,34D,35D,36D,37D,38D,39D,40D,41D,42D,43D,44D,45D,46D,47D,48D,49D,50D,51D,52D,53D,54D,55D,56D,57D,63D,64D,65D,66D,67D,68D,69D,70D. The van der Waals surface area contributed by atoms with E-state index in [1.807, 2.05) is 0 Å². The summed E-state index contributed by atoms with van der Waals surface area (Å²) in [4.78, 5) is 2.76. The average molecular weight is 1710 g/mol. The maximum atomic E-state index is 12.0. The van der Waals surface area contributed by atoms with E-state index in [0.29, 0.717) is 0 Å². The van der Waals surface area contributed by atoms with Gasteiger partial charge in [-0.25, -0.2) is 0 Å². The van der Waals surface area contributed by atoms with Crippen LogP contribution in [0.25, 0.3) is 127 Å². The van der Waals surface area contributed by atoms with Crippen LogP contribution in [0.1, 0.15) is 267 Å². The molecule has 5 heterocycles. The first kappa shape index (κ1) is 49.1. The van der Waals surface area contributed by atoms with E-state index in [2.05, 4.69) is 0 Å². The number of hydrogen-bond acceptors (Lipinski definition) is 2. The molecule has 0 atom stereocenters. The van der Waals surface area contributed by atoms with Crippen LogP contribution in [-0.4, -0.2) is 20.4 Å². The first-order valence-corrected chi connectivity index (χ1v) is 43.2. The van der Waals surface area contributed by atoms with Crippen LogP contribution in [0.4, 0.5) is 34.1 Å². The van der Waals surface area contributed by atoms with Crippen LogP contribution in [0.3, 0.4) is 0 Å². The molecule has 0 bridgehead atoms. The topological polar surface area (TPSA) is 21.3 Å². The Kier molecular flexibility index (Phi) is 11.3. The maximum absolute atomic E-state index is 12.0. The van der Waals surface area contributed by atoms with Gasteiger partial charge in [0.1, 0.15) is 0 Å². The highest BCUT2D eigenvalue weighted by Crippen LogP contribution is 2.58. The monoisotopic (exact) mass is 1710 g/mol. The van der Waals surface area contributed by atoms with E-state index < -0.39 is 412 Å². The van der Waals surface area contributed by atoms with E-state index >= 15 is 0 Å². The molecular weight excluding hydrogens is 1550 g/mol. The predicted octanol–water partition coefficient (Wildman–Crippen LogP) is 32.1. The Morgan fingerprint density at radius 1 is 0.227 bits per heavy atom. The van der Waals surface area contributed by atoms with Crippen molar-refractivity contribution in [2.75, 3.05) is 9.80 Å². The zero-order valence-electron chi connectivity index (χ0n) is 118. The van der Waals surface area contributed by atoms with Crippen LogP contribution in [0.15, 0.2) is 302 Å². The highest BCUT2D eigenvalue weighted by atomic mass is 15.2. The fourth-order valence-electron chi connectivity index (χ4n) is 17.5. The third kappa shape index (κ3) is 13.9. The van der Waals surface area contributed by atoms with Crippen molar-refractivity contribution < 1.29 is 56.2 Å². The summed E-state index contributed by atoms with van der Waals surface area (Å²) in [7, 11) is 0. The number of fused-ring (bicyclic) bond motifs is 13. The molecule has 0 saturated heterocycles. The molecule has 3 aromatic heterocycles. The molecule has 0 radical (unpaired) electrons. The van der Waals surface area contributed by atoms with Crippen molar-refractivity contribution in [1.82, 2.24) is 13.7 Å². The third-order valence-electron chi connectivity index (χ3n) is 24.2. The second kappa shape index (κ2) is 29.5. The molecule has 18 aromatic rings. The number of anilines is 6. The van der Waals surface area contributed by atoms with Crippen LogP contribution >= 0.6 is 0 Å². The Balaban J connectivity index is 1.20. The fourth-order valence-corrected chi connectivity index (χ4v) is 17.5. The summed E-state index contributed by atoms with van der Waals surface area (Å²) in [5.41, 5.74) is -23.5. The van der Waals surface area contributed by atoms with Crippen LogP contribution in [0.5, 0.6) is 0 Å². The lowest BCUT2D eigenvalue weighted by atomic mass is 9.33. The largest absolute Gasteiger partial charge is 0.310 e. The van der Waals surface area contributed by atoms with Crippen molar-refractivity contribution in [1.29, 1.82) is 0 Å². The third-order valence-corrected chi connectivity index (χ3v) is 24.2. The van der Waals surface area contributed by atoms with Crippen LogP contribution in [-0.2, 0) is 43.3 Å². The van der Waals surface area contributed by atoms with E-state index in [-0.39, 0.29) is 107 Å². The van der Waals surface area contributed by atoms with Crippen molar-refractivity contribution in [3.63, 3.8) is 0 Å². The molecule has 20 rings (SSSR count). The van der Waals surface area contributed by atoms with Crippen LogP contribution < -0.4 is 26.2 Å². The average Bonchev–Trinajstić information content (AvgIpc) is 1.58. The van der Waals surface area contributed by atoms with Crippen LogP contribution in [0, 0.1) is 0 Å². The molecule has 0 amide bonds. The summed E-state index contributed by atoms with van der Waals surface area (Å²) < 4.78 is 431. The Hall–Kier alpha value is -12.6. The SMILES string of the molecule is [2H]c1cc(-c2c([2H])c(C(C)(C)C)c([2H])c(-c3c([2H])c([2H])c(C(C)(C)C)c([2H])c3[2H])c2N2c3cc(-n4c5c([2H])c([2H])c([2H])c([2H])c5c5c([2H])c([2H])c([2H])c([2H])c54)ccc3B3c4ccc(-n5c6c([2H])c([2H])c([2H])c([2H])c6c6c([2H])c([2H])c([2H])c([2H])c65)cc4N(c4c(-c5c([2H])c([2H])c(C(C)(C)C)c([2H])c5[2H])c([2H])c(C(C)(C)C)c([2H])c4-c4c([2H])c(C(C)(C)C)c([2H])c(C(C)(C)C)c4[2H])c4cc(-n5c6c([2H])c([2H])c([2H])c([2H])c6c6c([2H])c([2H])c([2H])c([2H])c65)cc2c43)c(C(C)(C)C)c([2H])c1C(C)(C)C. The van der Waals surface area contributed by atoms with Crippen LogP contribution in [0.2, 0.25) is 0 Å². The highest BCUT2D eigenvalue weighted by Gasteiger charge is 2.47. The quantitative estimate of drug-likeness (QED) is 0.134. The molecule has 638 valence electrons. The minimum atomic E-state index is -1.81. The second-order valence-corrected chi connectivity index (χ2v) is 41.9. The number of aromatic nitrogens is 3. The van der Waals surface area contributed by atoms with Gasteiger partial charge in [-0.3, -0.25) is 0 Å². The smallest absolute Gasteiger partial charge is 0.252 e. The summed E-state index contributed by atoms with van der Waals surface area (Å²) in [5.74, 6) is 0. The van der Waals surface area contributed by atoms with E-state index in [4.69, 9.17) is 0 Å². The molecule has 0 saturated carbocycles. The van der Waals surface area contributed by atoms with E-state index in [0.717, 1.165) is 9.13 Å². The molecule has 128 heavy (non-hydrogen) atoms. The van der Waals surface area contributed by atoms with Crippen molar-refractivity contribution in [2.24, 2.45) is 0 Å². The lowest BCUT2D eigenvalue weighted by Gasteiger charge is -2.46. The normalized spacial score (nSPS) is 18.1. The number of benzene rings is 15. The van der Waals surface area contributed by atoms with Gasteiger partial charge in [-0.2, -0.15) is 0 Å². The number of para-hydroxylation sites is 6. The molecule has 0 fully saturated rings. The minimum Gasteiger partial charge on any atom is -0.310 e. The fraction of sp³-hybridized carbons (Fsp3) is 0.262. The summed E-state index contributed by atoms with van der Waals surface area (Å²) in [6, 6.07) is -19.3. The lowest BCUT2D eigenvalue weighted by Crippen LogP contribution is -2.61. The van der Waals surface area contributed by atoms with Gasteiger partial charge in [-0.15, -0.1) is 0 Å². The zero-order valence-corrected chi connectivity index (χ0v) is 76.5. The second-order valence-electron chi connectivity index (χ2n) is 41.9. The van der Waals surface area contributed by atoms with Gasteiger partial charge in [0.2, 0.25) is 0 Å². The molecule has 0 N–H and O–H groups in total. The number of rotatable bonds is 9. The van der Waals surface area contributed by atoms with Gasteiger partial charge in [-0.1, -0.05) is 372 Å². The number of nitrogens with zero attached hydrogens (tertiary/aromatic N) is 5. The van der Waals surface area contributed by atoms with Crippen molar-refractivity contribution in [3.05, 3.63) is 347 Å². The highest BCUT2D eigenvalue weighted by molar-refractivity contribution is 7.00. The molecule has 0 spiro atoms. The minimum absolute atomic E-state index is 0.0597. The van der Waals surface area contributed by atoms with E-state index in [1.54, 1.807) is 166 Å². The molecule has 6 heteroatoms. The Labute approximate surface area is 817 Å². The molecule has 5 nitrogen and oxygen atoms in total. The Bertz CT molecular complexity index is 9890. The van der Waals surface area contributed by atoms with Crippen molar-refractivity contribution in [2.45, 2.75) is 209 Å². The summed E-state index contributed by atoms with van der Waals surface area (Å²) in [6.45, 7) is 38.9. The van der Waals surface area contributed by atoms with E-state index in [1.165, 1.54) is 69.0 Å². The summed E-state index contributed by atoms with van der Waals surface area (Å²) >= 11 is 0. The number of hydrogen-bond donors (Lipinski definition) is 0. The Morgan fingerprint density at radius 2 is 0.516 bits per heavy atom. The van der Waals surface area contributed by atoms with Gasteiger partial charge < -0.3 is 23.5 Å². The maximum Gasteiger partial charge on any atom is 0.252 e. The van der Waals surface area contributed by atoms with Gasteiger partial charge in [0.25, 0.3) is 6.71 Å². The van der Waals surface area contributed by atoms with Gasteiger partial charge >= 0.3 is 0 Å². The zero-order chi connectivity index (χ0) is 126. The van der Waals surface area contributed by atoms with Gasteiger partial charge in [0.05, 0.1) is 106 Å². The van der Waals surface area contributed by atoms with Gasteiger partial charge in [0.15, 0.2) is 0 Å². The first-order chi connectivity index (χ1) is 77.7. The molecule has 2 aliphatic rings. The predicted molar refractivity (Wildman–Crippen MR) is 555 cm³/mol. The van der Waals surface area contributed by atoms with E-state index in [9.17, 15) is 56.2 Å². The molecule has 15 aromatic carbocycles. The van der Waals surface area contributed by atoms with Crippen molar-refractivity contribution >= 4 is 123 Å². The molecular formula is C122H122BN5. The van der Waals surface area contributed by atoms with Gasteiger partial charge in [0, 0.05) is 88.7 Å². The van der Waals surface area contributed by atoms with Crippen molar-refractivity contribution in [3.8, 4) is 61.6 Å². The molecule has 0 unspecified atom stereocenters. The van der Waals surface area contributed by atoms with Gasteiger partial charge in [-0.05, 0) is 223 Å². The summed E-state index contributed by atoms with van der Waals surface area (Å²) in [6.07, 6.45) is 0. The molecule has 0 aliphatic carbocycles. The lowest BCUT2D eigenvalue weighted by molar-refractivity contribution is 0.568. The Morgan fingerprint density at radius 3 is 0.844 bits per heavy atom. The summed E-state index contributed by atoms with van der Waals surface area (Å²) in [5, 5.41) is -2.94. The first-order valence-electron chi connectivity index (χ1n) is 63.7.